The average Bonchev–Trinajstić information content (AvgIpc) is 3.12. The lowest BCUT2D eigenvalue weighted by Gasteiger charge is -2.03. The van der Waals surface area contributed by atoms with Crippen LogP contribution in [0.15, 0.2) is 70.1 Å². The lowest BCUT2D eigenvalue weighted by atomic mass is 10.1. The van der Waals surface area contributed by atoms with Gasteiger partial charge in [-0.05, 0) is 42.8 Å². The third kappa shape index (κ3) is 3.33. The van der Waals surface area contributed by atoms with Crippen molar-refractivity contribution < 1.29 is 14.4 Å². The third-order valence-corrected chi connectivity index (χ3v) is 4.31. The van der Waals surface area contributed by atoms with E-state index in [-0.39, 0.29) is 17.0 Å². The zero-order chi connectivity index (χ0) is 19.7. The summed E-state index contributed by atoms with van der Waals surface area (Å²) < 4.78 is 5.79. The molecule has 3 aromatic carbocycles. The highest BCUT2D eigenvalue weighted by Gasteiger charge is 2.11. The molecule has 0 fully saturated rings. The number of aryl methyl sites for hydroxylation is 1. The number of aromatic hydroxyl groups is 1. The Kier molecular flexibility index (Phi) is 4.33. The summed E-state index contributed by atoms with van der Waals surface area (Å²) in [5.41, 5.74) is 3.93. The Morgan fingerprint density at radius 3 is 2.75 bits per heavy atom. The topological polar surface area (TPSA) is 102 Å². The van der Waals surface area contributed by atoms with E-state index in [1.807, 2.05) is 49.4 Å². The number of hydrogen-bond donors (Lipinski definition) is 1. The Hall–Kier alpha value is -4.00. The van der Waals surface area contributed by atoms with Crippen LogP contribution in [0, 0.1) is 17.0 Å². The average molecular weight is 373 g/mol. The molecule has 0 aliphatic heterocycles. The van der Waals surface area contributed by atoms with Crippen molar-refractivity contribution in [2.24, 2.45) is 4.99 Å². The number of fused-ring (bicyclic) bond motifs is 1. The van der Waals surface area contributed by atoms with Crippen LogP contribution in [0.3, 0.4) is 0 Å². The van der Waals surface area contributed by atoms with Gasteiger partial charge in [0.1, 0.15) is 11.3 Å². The molecule has 0 bridgehead atoms. The second kappa shape index (κ2) is 6.96. The van der Waals surface area contributed by atoms with Crippen molar-refractivity contribution in [1.29, 1.82) is 0 Å². The van der Waals surface area contributed by atoms with Crippen LogP contribution in [0.5, 0.6) is 5.75 Å². The van der Waals surface area contributed by atoms with E-state index in [9.17, 15) is 15.2 Å². The van der Waals surface area contributed by atoms with Crippen LogP contribution in [-0.4, -0.2) is 21.2 Å². The van der Waals surface area contributed by atoms with E-state index in [2.05, 4.69) is 9.98 Å². The number of nitro groups is 1. The summed E-state index contributed by atoms with van der Waals surface area (Å²) in [6.07, 6.45) is 1.40. The fourth-order valence-electron chi connectivity index (χ4n) is 2.78. The molecule has 0 unspecified atom stereocenters. The summed E-state index contributed by atoms with van der Waals surface area (Å²) in [7, 11) is 0. The number of phenols is 1. The number of non-ortho nitro benzene ring substituents is 1. The van der Waals surface area contributed by atoms with Crippen LogP contribution in [-0.2, 0) is 0 Å². The van der Waals surface area contributed by atoms with Crippen LogP contribution in [0.4, 0.5) is 11.4 Å². The number of phenolic OH excluding ortho intramolecular Hbond substituents is 1. The molecule has 0 atom stereocenters. The maximum Gasteiger partial charge on any atom is 0.270 e. The highest BCUT2D eigenvalue weighted by molar-refractivity contribution is 5.87. The summed E-state index contributed by atoms with van der Waals surface area (Å²) in [5, 5.41) is 20.9. The minimum Gasteiger partial charge on any atom is -0.507 e. The molecule has 0 spiro atoms. The number of nitro benzene ring substituents is 1. The van der Waals surface area contributed by atoms with Gasteiger partial charge in [0.2, 0.25) is 5.89 Å². The molecule has 1 aromatic heterocycles. The molecule has 0 saturated heterocycles. The summed E-state index contributed by atoms with van der Waals surface area (Å²) in [5.74, 6) is 0.401. The van der Waals surface area contributed by atoms with E-state index in [1.54, 1.807) is 0 Å². The van der Waals surface area contributed by atoms with E-state index in [1.165, 1.54) is 24.4 Å². The molecule has 4 rings (SSSR count). The molecular weight excluding hydrogens is 358 g/mol. The molecule has 0 saturated carbocycles. The smallest absolute Gasteiger partial charge is 0.270 e. The molecule has 7 heteroatoms. The molecule has 4 aromatic rings. The summed E-state index contributed by atoms with van der Waals surface area (Å²) in [6.45, 7) is 1.90. The van der Waals surface area contributed by atoms with Gasteiger partial charge in [-0.15, -0.1) is 0 Å². The van der Waals surface area contributed by atoms with E-state index >= 15 is 0 Å². The molecular formula is C21H15N3O4. The van der Waals surface area contributed by atoms with Gasteiger partial charge >= 0.3 is 0 Å². The Morgan fingerprint density at radius 1 is 1.14 bits per heavy atom. The summed E-state index contributed by atoms with van der Waals surface area (Å²) in [4.78, 5) is 19.3. The molecule has 7 nitrogen and oxygen atoms in total. The predicted octanol–water partition coefficient (Wildman–Crippen LogP) is 5.17. The van der Waals surface area contributed by atoms with E-state index in [0.717, 1.165) is 16.6 Å². The molecule has 138 valence electrons. The monoisotopic (exact) mass is 373 g/mol. The SMILES string of the molecule is Cc1ccc(-c2nc3ccccc3o2)cc1N=Cc1cc([N+](=O)[O-])ccc1O. The van der Waals surface area contributed by atoms with Gasteiger partial charge in [0.15, 0.2) is 5.58 Å². The van der Waals surface area contributed by atoms with E-state index in [0.29, 0.717) is 17.2 Å². The predicted molar refractivity (Wildman–Crippen MR) is 106 cm³/mol. The normalized spacial score (nSPS) is 11.3. The molecule has 0 aliphatic rings. The molecule has 28 heavy (non-hydrogen) atoms. The van der Waals surface area contributed by atoms with Crippen molar-refractivity contribution >= 4 is 28.7 Å². The van der Waals surface area contributed by atoms with E-state index in [4.69, 9.17) is 4.42 Å². The first-order valence-corrected chi connectivity index (χ1v) is 8.49. The lowest BCUT2D eigenvalue weighted by Crippen LogP contribution is -1.90. The van der Waals surface area contributed by atoms with Crippen molar-refractivity contribution in [2.75, 3.05) is 0 Å². The van der Waals surface area contributed by atoms with Gasteiger partial charge in [-0.2, -0.15) is 0 Å². The number of hydrogen-bond acceptors (Lipinski definition) is 6. The van der Waals surface area contributed by atoms with Crippen molar-refractivity contribution in [3.8, 4) is 17.2 Å². The summed E-state index contributed by atoms with van der Waals surface area (Å²) in [6, 6.07) is 16.9. The maximum absolute atomic E-state index is 10.9. The van der Waals surface area contributed by atoms with Crippen LogP contribution < -0.4 is 0 Å². The van der Waals surface area contributed by atoms with E-state index < -0.39 is 4.92 Å². The Balaban J connectivity index is 1.71. The van der Waals surface area contributed by atoms with Gasteiger partial charge in [-0.3, -0.25) is 15.1 Å². The first kappa shape index (κ1) is 17.4. The van der Waals surface area contributed by atoms with Gasteiger partial charge in [0.25, 0.3) is 5.69 Å². The Morgan fingerprint density at radius 2 is 1.96 bits per heavy atom. The number of aliphatic imine (C=N–C) groups is 1. The van der Waals surface area contributed by atoms with Crippen LogP contribution in [0.25, 0.3) is 22.6 Å². The van der Waals surface area contributed by atoms with Gasteiger partial charge in [0, 0.05) is 29.5 Å². The first-order chi connectivity index (χ1) is 13.5. The fraction of sp³-hybridized carbons (Fsp3) is 0.0476. The van der Waals surface area contributed by atoms with Crippen molar-refractivity contribution in [3.63, 3.8) is 0 Å². The van der Waals surface area contributed by atoms with Crippen molar-refractivity contribution in [1.82, 2.24) is 4.98 Å². The number of nitrogens with zero attached hydrogens (tertiary/aromatic N) is 3. The van der Waals surface area contributed by atoms with Crippen LogP contribution in [0.2, 0.25) is 0 Å². The Labute approximate surface area is 159 Å². The number of oxazole rings is 1. The zero-order valence-electron chi connectivity index (χ0n) is 14.9. The number of rotatable bonds is 4. The second-order valence-corrected chi connectivity index (χ2v) is 6.25. The third-order valence-electron chi connectivity index (χ3n) is 4.31. The molecule has 0 amide bonds. The lowest BCUT2D eigenvalue weighted by molar-refractivity contribution is -0.384. The van der Waals surface area contributed by atoms with Crippen LogP contribution >= 0.6 is 0 Å². The van der Waals surface area contributed by atoms with Gasteiger partial charge < -0.3 is 9.52 Å². The molecule has 1 heterocycles. The highest BCUT2D eigenvalue weighted by Crippen LogP contribution is 2.30. The summed E-state index contributed by atoms with van der Waals surface area (Å²) >= 11 is 0. The zero-order valence-corrected chi connectivity index (χ0v) is 14.9. The van der Waals surface area contributed by atoms with Crippen LogP contribution in [0.1, 0.15) is 11.1 Å². The van der Waals surface area contributed by atoms with Crippen molar-refractivity contribution in [2.45, 2.75) is 6.92 Å². The van der Waals surface area contributed by atoms with Gasteiger partial charge in [0.05, 0.1) is 10.6 Å². The molecule has 0 radical (unpaired) electrons. The Bertz CT molecular complexity index is 1190. The number of aromatic nitrogens is 1. The highest BCUT2D eigenvalue weighted by atomic mass is 16.6. The minimum atomic E-state index is -0.518. The number of benzene rings is 3. The standard InChI is InChI=1S/C21H15N3O4/c1-13-6-7-14(21-23-17-4-2-3-5-20(17)28-21)11-18(13)22-12-15-10-16(24(26)27)8-9-19(15)25/h2-12,25H,1H3. The van der Waals surface area contributed by atoms with Gasteiger partial charge in [-0.1, -0.05) is 18.2 Å². The number of para-hydroxylation sites is 2. The minimum absolute atomic E-state index is 0.0814. The second-order valence-electron chi connectivity index (χ2n) is 6.25. The fourth-order valence-corrected chi connectivity index (χ4v) is 2.78. The van der Waals surface area contributed by atoms with Gasteiger partial charge in [-0.25, -0.2) is 4.98 Å². The largest absolute Gasteiger partial charge is 0.507 e. The molecule has 0 aliphatic carbocycles. The quantitative estimate of drug-likeness (QED) is 0.302. The van der Waals surface area contributed by atoms with Crippen molar-refractivity contribution in [3.05, 3.63) is 81.9 Å². The maximum atomic E-state index is 10.9. The molecule has 1 N–H and O–H groups in total. The first-order valence-electron chi connectivity index (χ1n) is 8.49.